The number of hydrogen-bond acceptors (Lipinski definition) is 3. The van der Waals surface area contributed by atoms with Crippen molar-refractivity contribution in [3.8, 4) is 11.5 Å². The molecule has 1 unspecified atom stereocenters. The van der Waals surface area contributed by atoms with Gasteiger partial charge in [-0.15, -0.1) is 0 Å². The van der Waals surface area contributed by atoms with Crippen LogP contribution in [-0.4, -0.2) is 24.2 Å². The van der Waals surface area contributed by atoms with Crippen LogP contribution in [0.25, 0.3) is 0 Å². The highest BCUT2D eigenvalue weighted by Crippen LogP contribution is 2.39. The Morgan fingerprint density at radius 3 is 2.25 bits per heavy atom. The first-order valence-electron chi connectivity index (χ1n) is 4.37. The lowest BCUT2D eigenvalue weighted by Crippen LogP contribution is -2.18. The summed E-state index contributed by atoms with van der Waals surface area (Å²) in [4.78, 5) is -3.38. The van der Waals surface area contributed by atoms with Gasteiger partial charge in [-0.05, 0) is 33.6 Å². The number of hydrogen-bond donors (Lipinski definition) is 1. The van der Waals surface area contributed by atoms with Crippen molar-refractivity contribution in [1.29, 1.82) is 0 Å². The summed E-state index contributed by atoms with van der Waals surface area (Å²) < 4.78 is 35.5. The Labute approximate surface area is 100 Å². The second-order valence-corrected chi connectivity index (χ2v) is 4.12. The molecule has 1 atom stereocenters. The minimum absolute atomic E-state index is 0.0412. The summed E-state index contributed by atoms with van der Waals surface area (Å²) in [5.74, 6) is 0.701. The van der Waals surface area contributed by atoms with E-state index in [4.69, 9.17) is 9.47 Å². The number of ether oxygens (including phenoxy) is 2. The van der Waals surface area contributed by atoms with Gasteiger partial charge in [0.2, 0.25) is 0 Å². The fraction of sp³-hybridized carbons (Fsp3) is 0.400. The van der Waals surface area contributed by atoms with Gasteiger partial charge in [0.05, 0.1) is 14.2 Å². The van der Waals surface area contributed by atoms with Gasteiger partial charge in [-0.25, -0.2) is 0 Å². The minimum atomic E-state index is -3.38. The summed E-state index contributed by atoms with van der Waals surface area (Å²) in [7, 11) is 2.83. The zero-order valence-corrected chi connectivity index (χ0v) is 10.3. The highest BCUT2D eigenvalue weighted by atomic mass is 79.9. The van der Waals surface area contributed by atoms with Crippen LogP contribution in [0.3, 0.4) is 0 Å². The molecule has 90 valence electrons. The molecular weight excluding hydrogens is 286 g/mol. The highest BCUT2D eigenvalue weighted by Gasteiger charge is 2.36. The molecule has 0 saturated heterocycles. The van der Waals surface area contributed by atoms with Gasteiger partial charge in [0.1, 0.15) is 0 Å². The molecule has 0 fully saturated rings. The molecule has 16 heavy (non-hydrogen) atoms. The summed E-state index contributed by atoms with van der Waals surface area (Å²) in [6.45, 7) is 0. The van der Waals surface area contributed by atoms with Gasteiger partial charge >= 0.3 is 4.83 Å². The lowest BCUT2D eigenvalue weighted by Gasteiger charge is -2.18. The van der Waals surface area contributed by atoms with Crippen molar-refractivity contribution in [3.05, 3.63) is 23.8 Å². The normalized spacial score (nSPS) is 13.4. The van der Waals surface area contributed by atoms with Crippen LogP contribution in [0.5, 0.6) is 11.5 Å². The number of aliphatic hydroxyl groups excluding tert-OH is 1. The summed E-state index contributed by atoms with van der Waals surface area (Å²) in [5.41, 5.74) is 0.0412. The van der Waals surface area contributed by atoms with Crippen LogP contribution >= 0.6 is 15.9 Å². The van der Waals surface area contributed by atoms with Crippen molar-refractivity contribution in [2.45, 2.75) is 10.9 Å². The standard InChI is InChI=1S/C10H11BrF2O3/c1-15-7-4-3-6(5-8(7)16-2)9(14)10(11,12)13/h3-5,9,14H,1-2H3. The largest absolute Gasteiger partial charge is 0.493 e. The van der Waals surface area contributed by atoms with Crippen LogP contribution in [0.1, 0.15) is 11.7 Å². The molecule has 0 aliphatic carbocycles. The molecule has 0 bridgehead atoms. The van der Waals surface area contributed by atoms with Gasteiger partial charge in [-0.3, -0.25) is 0 Å². The van der Waals surface area contributed by atoms with E-state index in [-0.39, 0.29) is 11.3 Å². The topological polar surface area (TPSA) is 38.7 Å². The molecule has 3 nitrogen and oxygen atoms in total. The second kappa shape index (κ2) is 4.97. The quantitative estimate of drug-likeness (QED) is 0.869. The number of methoxy groups -OCH3 is 2. The van der Waals surface area contributed by atoms with Gasteiger partial charge in [0.25, 0.3) is 0 Å². The Bertz CT molecular complexity index is 366. The van der Waals surface area contributed by atoms with Crippen LogP contribution in [0.4, 0.5) is 8.78 Å². The minimum Gasteiger partial charge on any atom is -0.493 e. The molecule has 0 amide bonds. The van der Waals surface area contributed by atoms with E-state index in [0.717, 1.165) is 0 Å². The maximum Gasteiger partial charge on any atom is 0.330 e. The predicted molar refractivity (Wildman–Crippen MR) is 58.4 cm³/mol. The van der Waals surface area contributed by atoms with E-state index < -0.39 is 10.9 Å². The number of benzene rings is 1. The van der Waals surface area contributed by atoms with Gasteiger partial charge in [-0.2, -0.15) is 8.78 Å². The van der Waals surface area contributed by atoms with Gasteiger partial charge in [-0.1, -0.05) is 6.07 Å². The van der Waals surface area contributed by atoms with Crippen molar-refractivity contribution >= 4 is 15.9 Å². The fourth-order valence-electron chi connectivity index (χ4n) is 1.21. The average Bonchev–Trinajstić information content (AvgIpc) is 2.25. The zero-order valence-electron chi connectivity index (χ0n) is 8.71. The predicted octanol–water partition coefficient (Wildman–Crippen LogP) is 2.72. The van der Waals surface area contributed by atoms with Gasteiger partial charge in [0.15, 0.2) is 17.6 Å². The third-order valence-electron chi connectivity index (χ3n) is 2.03. The molecule has 1 aromatic rings. The first-order chi connectivity index (χ1) is 7.40. The van der Waals surface area contributed by atoms with Crippen molar-refractivity contribution in [3.63, 3.8) is 0 Å². The lowest BCUT2D eigenvalue weighted by atomic mass is 10.1. The molecule has 0 spiro atoms. The molecule has 0 aromatic heterocycles. The SMILES string of the molecule is COc1ccc(C(O)C(F)(F)Br)cc1OC. The average molecular weight is 297 g/mol. The Hall–Kier alpha value is -0.880. The van der Waals surface area contributed by atoms with Crippen molar-refractivity contribution in [1.82, 2.24) is 0 Å². The molecular formula is C10H11BrF2O3. The van der Waals surface area contributed by atoms with Crippen molar-refractivity contribution < 1.29 is 23.4 Å². The van der Waals surface area contributed by atoms with Gasteiger partial charge in [0, 0.05) is 0 Å². The monoisotopic (exact) mass is 296 g/mol. The summed E-state index contributed by atoms with van der Waals surface area (Å²) in [6.07, 6.45) is -1.94. The zero-order chi connectivity index (χ0) is 12.3. The van der Waals surface area contributed by atoms with Crippen LogP contribution < -0.4 is 9.47 Å². The van der Waals surface area contributed by atoms with E-state index in [0.29, 0.717) is 5.75 Å². The Morgan fingerprint density at radius 2 is 1.81 bits per heavy atom. The molecule has 0 radical (unpaired) electrons. The number of halogens is 3. The second-order valence-electron chi connectivity index (χ2n) is 3.06. The maximum atomic E-state index is 12.8. The van der Waals surface area contributed by atoms with Crippen LogP contribution in [0.15, 0.2) is 18.2 Å². The van der Waals surface area contributed by atoms with E-state index in [1.807, 2.05) is 0 Å². The lowest BCUT2D eigenvalue weighted by molar-refractivity contribution is -0.0295. The number of rotatable bonds is 4. The van der Waals surface area contributed by atoms with Crippen LogP contribution in [0, 0.1) is 0 Å². The highest BCUT2D eigenvalue weighted by molar-refractivity contribution is 9.10. The van der Waals surface area contributed by atoms with E-state index in [1.165, 1.54) is 32.4 Å². The van der Waals surface area contributed by atoms with E-state index in [9.17, 15) is 13.9 Å². The van der Waals surface area contributed by atoms with Crippen LogP contribution in [-0.2, 0) is 0 Å². The fourth-order valence-corrected chi connectivity index (χ4v) is 1.48. The summed E-state index contributed by atoms with van der Waals surface area (Å²) in [5, 5.41) is 9.35. The first kappa shape index (κ1) is 13.2. The third-order valence-corrected chi connectivity index (χ3v) is 2.47. The van der Waals surface area contributed by atoms with Crippen molar-refractivity contribution in [2.75, 3.05) is 14.2 Å². The van der Waals surface area contributed by atoms with E-state index in [1.54, 1.807) is 0 Å². The van der Waals surface area contributed by atoms with Crippen LogP contribution in [0.2, 0.25) is 0 Å². The van der Waals surface area contributed by atoms with Gasteiger partial charge < -0.3 is 14.6 Å². The summed E-state index contributed by atoms with van der Waals surface area (Å²) >= 11 is 2.11. The molecule has 1 aromatic carbocycles. The van der Waals surface area contributed by atoms with E-state index >= 15 is 0 Å². The molecule has 0 aliphatic heterocycles. The third kappa shape index (κ3) is 2.82. The number of alkyl halides is 3. The Morgan fingerprint density at radius 1 is 1.25 bits per heavy atom. The Balaban J connectivity index is 3.08. The molecule has 6 heteroatoms. The smallest absolute Gasteiger partial charge is 0.330 e. The molecule has 0 heterocycles. The molecule has 1 N–H and O–H groups in total. The summed E-state index contributed by atoms with van der Waals surface area (Å²) in [6, 6.07) is 4.11. The molecule has 1 rings (SSSR count). The number of aliphatic hydroxyl groups is 1. The molecule has 0 aliphatic rings. The Kier molecular flexibility index (Phi) is 4.09. The van der Waals surface area contributed by atoms with Crippen molar-refractivity contribution in [2.24, 2.45) is 0 Å². The maximum absolute atomic E-state index is 12.8. The molecule has 0 saturated carbocycles. The first-order valence-corrected chi connectivity index (χ1v) is 5.16. The van der Waals surface area contributed by atoms with E-state index in [2.05, 4.69) is 15.9 Å².